The molecule has 0 saturated heterocycles. The number of carbonyl (C=O) groups is 1. The second kappa shape index (κ2) is 10.1. The fraction of sp³-hybridized carbons (Fsp3) is 0.0833. The van der Waals surface area contributed by atoms with Crippen molar-refractivity contribution in [2.24, 2.45) is 5.10 Å². The van der Waals surface area contributed by atoms with E-state index < -0.39 is 5.91 Å². The highest BCUT2D eigenvalue weighted by Crippen LogP contribution is 2.34. The van der Waals surface area contributed by atoms with Gasteiger partial charge in [0.25, 0.3) is 0 Å². The van der Waals surface area contributed by atoms with Gasteiger partial charge >= 0.3 is 5.91 Å². The Morgan fingerprint density at radius 3 is 2.75 bits per heavy atom. The summed E-state index contributed by atoms with van der Waals surface area (Å²) in [7, 11) is 1.58. The molecule has 0 aliphatic rings. The van der Waals surface area contributed by atoms with Gasteiger partial charge in [-0.2, -0.15) is 5.10 Å². The van der Waals surface area contributed by atoms with Crippen molar-refractivity contribution in [3.05, 3.63) is 92.2 Å². The van der Waals surface area contributed by atoms with Crippen LogP contribution in [0.2, 0.25) is 5.02 Å². The van der Waals surface area contributed by atoms with Crippen LogP contribution in [-0.4, -0.2) is 19.2 Å². The zero-order valence-electron chi connectivity index (χ0n) is 17.0. The van der Waals surface area contributed by atoms with E-state index in [1.54, 1.807) is 37.4 Å². The van der Waals surface area contributed by atoms with Crippen LogP contribution in [-0.2, 0) is 6.61 Å². The van der Waals surface area contributed by atoms with Gasteiger partial charge in [-0.3, -0.25) is 4.79 Å². The number of fused-ring (bicyclic) bond motifs is 1. The number of hydrazone groups is 1. The molecule has 4 rings (SSSR count). The van der Waals surface area contributed by atoms with Gasteiger partial charge in [0.1, 0.15) is 12.2 Å². The smallest absolute Gasteiger partial charge is 0.307 e. The molecule has 0 aliphatic heterocycles. The number of carbonyl (C=O) groups excluding carboxylic acids is 1. The zero-order chi connectivity index (χ0) is 22.5. The van der Waals surface area contributed by atoms with Crippen molar-refractivity contribution in [3.63, 3.8) is 0 Å². The molecule has 0 bridgehead atoms. The van der Waals surface area contributed by atoms with Gasteiger partial charge < -0.3 is 13.9 Å². The lowest BCUT2D eigenvalue weighted by atomic mass is 10.2. The molecule has 4 aromatic rings. The summed E-state index contributed by atoms with van der Waals surface area (Å²) in [6.45, 7) is 0.430. The molecule has 0 unspecified atom stereocenters. The molecule has 0 radical (unpaired) electrons. The van der Waals surface area contributed by atoms with Crippen molar-refractivity contribution in [1.82, 2.24) is 5.43 Å². The number of furan rings is 1. The van der Waals surface area contributed by atoms with Gasteiger partial charge in [-0.15, -0.1) is 0 Å². The minimum atomic E-state index is -0.460. The second-order valence-corrected chi connectivity index (χ2v) is 8.40. The quantitative estimate of drug-likeness (QED) is 0.170. The number of hydrogen-bond donors (Lipinski definition) is 1. The summed E-state index contributed by atoms with van der Waals surface area (Å²) in [6.07, 6.45) is 1.53. The average molecular weight is 561 g/mol. The molecule has 1 amide bonds. The van der Waals surface area contributed by atoms with E-state index in [4.69, 9.17) is 25.5 Å². The molecule has 0 aliphatic carbocycles. The third kappa shape index (κ3) is 5.23. The van der Waals surface area contributed by atoms with Crippen molar-refractivity contribution in [3.8, 4) is 11.5 Å². The van der Waals surface area contributed by atoms with E-state index in [0.29, 0.717) is 28.7 Å². The van der Waals surface area contributed by atoms with E-state index in [-0.39, 0.29) is 5.76 Å². The standard InChI is InChI=1S/C24H18ClIN2O4/c1-30-21-10-16(9-19(26)23(21)31-14-15-5-3-2-4-6-15)13-27-28-24(29)22-12-17-11-18(25)7-8-20(17)32-22/h2-13H,14H2,1H3,(H,28,29)/b27-13+. The lowest BCUT2D eigenvalue weighted by Crippen LogP contribution is -2.16. The molecule has 1 N–H and O–H groups in total. The fourth-order valence-corrected chi connectivity index (χ4v) is 3.99. The van der Waals surface area contributed by atoms with Gasteiger partial charge in [-0.05, 0) is 70.1 Å². The van der Waals surface area contributed by atoms with E-state index in [1.807, 2.05) is 36.4 Å². The molecule has 0 atom stereocenters. The number of benzene rings is 3. The minimum Gasteiger partial charge on any atom is -0.493 e. The highest BCUT2D eigenvalue weighted by molar-refractivity contribution is 14.1. The summed E-state index contributed by atoms with van der Waals surface area (Å²) >= 11 is 8.16. The number of nitrogens with zero attached hydrogens (tertiary/aromatic N) is 1. The molecule has 3 aromatic carbocycles. The third-order valence-corrected chi connectivity index (χ3v) is 5.60. The summed E-state index contributed by atoms with van der Waals surface area (Å²) in [6, 6.07) is 20.4. The lowest BCUT2D eigenvalue weighted by Gasteiger charge is -2.13. The summed E-state index contributed by atoms with van der Waals surface area (Å²) in [5, 5.41) is 5.35. The Labute approximate surface area is 203 Å². The molecule has 0 fully saturated rings. The number of halogens is 2. The Hall–Kier alpha value is -3.04. The van der Waals surface area contributed by atoms with Gasteiger partial charge in [0.05, 0.1) is 16.9 Å². The van der Waals surface area contributed by atoms with Crippen LogP contribution in [0.5, 0.6) is 11.5 Å². The Morgan fingerprint density at radius 2 is 1.97 bits per heavy atom. The van der Waals surface area contributed by atoms with Crippen molar-refractivity contribution in [1.29, 1.82) is 0 Å². The molecule has 6 nitrogen and oxygen atoms in total. The molecular formula is C24H18ClIN2O4. The first kappa shape index (κ1) is 22.2. The molecule has 1 heterocycles. The Bertz CT molecular complexity index is 1290. The molecule has 8 heteroatoms. The van der Waals surface area contributed by atoms with E-state index in [2.05, 4.69) is 33.1 Å². The van der Waals surface area contributed by atoms with E-state index in [1.165, 1.54) is 6.21 Å². The maximum atomic E-state index is 12.4. The van der Waals surface area contributed by atoms with Crippen LogP contribution in [0.3, 0.4) is 0 Å². The number of ether oxygens (including phenoxy) is 2. The monoisotopic (exact) mass is 560 g/mol. The van der Waals surface area contributed by atoms with E-state index in [0.717, 1.165) is 20.1 Å². The van der Waals surface area contributed by atoms with Gasteiger partial charge in [0.15, 0.2) is 17.3 Å². The normalized spacial score (nSPS) is 11.1. The summed E-state index contributed by atoms with van der Waals surface area (Å²) < 4.78 is 17.9. The maximum absolute atomic E-state index is 12.4. The van der Waals surface area contributed by atoms with E-state index >= 15 is 0 Å². The van der Waals surface area contributed by atoms with Crippen LogP contribution in [0.15, 0.2) is 76.2 Å². The first-order chi connectivity index (χ1) is 15.5. The molecular weight excluding hydrogens is 543 g/mol. The number of amides is 1. The van der Waals surface area contributed by atoms with Crippen molar-refractivity contribution in [2.45, 2.75) is 6.61 Å². The molecule has 1 aromatic heterocycles. The second-order valence-electron chi connectivity index (χ2n) is 6.80. The lowest BCUT2D eigenvalue weighted by molar-refractivity contribution is 0.0929. The van der Waals surface area contributed by atoms with Crippen LogP contribution >= 0.6 is 34.2 Å². The Balaban J connectivity index is 1.44. The molecule has 0 saturated carbocycles. The zero-order valence-corrected chi connectivity index (χ0v) is 19.9. The highest BCUT2D eigenvalue weighted by atomic mass is 127. The number of nitrogens with one attached hydrogen (secondary N) is 1. The maximum Gasteiger partial charge on any atom is 0.307 e. The molecule has 0 spiro atoms. The van der Waals surface area contributed by atoms with E-state index in [9.17, 15) is 4.79 Å². The summed E-state index contributed by atoms with van der Waals surface area (Å²) in [5.41, 5.74) is 4.86. The van der Waals surface area contributed by atoms with Crippen molar-refractivity contribution >= 4 is 57.3 Å². The number of rotatable bonds is 7. The summed E-state index contributed by atoms with van der Waals surface area (Å²) in [5.74, 6) is 0.920. The number of methoxy groups -OCH3 is 1. The predicted octanol–water partition coefficient (Wildman–Crippen LogP) is 6.04. The SMILES string of the molecule is COc1cc(/C=N/NC(=O)c2cc3cc(Cl)ccc3o2)cc(I)c1OCc1ccccc1. The average Bonchev–Trinajstić information content (AvgIpc) is 3.22. The topological polar surface area (TPSA) is 73.1 Å². The van der Waals surface area contributed by atoms with Crippen LogP contribution in [0, 0.1) is 3.57 Å². The van der Waals surface area contributed by atoms with Crippen molar-refractivity contribution in [2.75, 3.05) is 7.11 Å². The van der Waals surface area contributed by atoms with Gasteiger partial charge in [-0.1, -0.05) is 41.9 Å². The summed E-state index contributed by atoms with van der Waals surface area (Å²) in [4.78, 5) is 12.4. The van der Waals surface area contributed by atoms with Gasteiger partial charge in [0.2, 0.25) is 0 Å². The van der Waals surface area contributed by atoms with Crippen molar-refractivity contribution < 1.29 is 18.7 Å². The van der Waals surface area contributed by atoms with Crippen LogP contribution < -0.4 is 14.9 Å². The largest absolute Gasteiger partial charge is 0.493 e. The van der Waals surface area contributed by atoms with Crippen LogP contribution in [0.4, 0.5) is 0 Å². The third-order valence-electron chi connectivity index (χ3n) is 4.56. The minimum absolute atomic E-state index is 0.149. The Kier molecular flexibility index (Phi) is 6.96. The van der Waals surface area contributed by atoms with Crippen LogP contribution in [0.25, 0.3) is 11.0 Å². The number of hydrogen-bond acceptors (Lipinski definition) is 5. The van der Waals surface area contributed by atoms with Gasteiger partial charge in [-0.25, -0.2) is 5.43 Å². The first-order valence-corrected chi connectivity index (χ1v) is 11.1. The Morgan fingerprint density at radius 1 is 1.16 bits per heavy atom. The molecule has 32 heavy (non-hydrogen) atoms. The first-order valence-electron chi connectivity index (χ1n) is 9.60. The fourth-order valence-electron chi connectivity index (χ4n) is 3.03. The molecule has 162 valence electrons. The van der Waals surface area contributed by atoms with Gasteiger partial charge in [0, 0.05) is 10.4 Å². The highest BCUT2D eigenvalue weighted by Gasteiger charge is 2.13. The predicted molar refractivity (Wildman–Crippen MR) is 133 cm³/mol. The van der Waals surface area contributed by atoms with Crippen LogP contribution in [0.1, 0.15) is 21.7 Å².